The van der Waals surface area contributed by atoms with Gasteiger partial charge in [-0.1, -0.05) is 27.7 Å². The first-order chi connectivity index (χ1) is 14.8. The average molecular weight is 477 g/mol. The lowest BCUT2D eigenvalue weighted by atomic mass is 9.98. The molecule has 12 heteroatoms. The van der Waals surface area contributed by atoms with Gasteiger partial charge in [-0.3, -0.25) is 19.2 Å². The summed E-state index contributed by atoms with van der Waals surface area (Å²) < 4.78 is 0. The number of carbonyl (C=O) groups excluding carboxylic acids is 3. The zero-order valence-electron chi connectivity index (χ0n) is 19.2. The van der Waals surface area contributed by atoms with Crippen molar-refractivity contribution >= 4 is 41.4 Å². The molecule has 11 nitrogen and oxygen atoms in total. The van der Waals surface area contributed by atoms with E-state index in [4.69, 9.17) is 10.8 Å². The van der Waals surface area contributed by atoms with E-state index in [-0.39, 0.29) is 31.1 Å². The van der Waals surface area contributed by atoms with E-state index in [9.17, 15) is 29.1 Å². The minimum atomic E-state index is -1.16. The lowest BCUT2D eigenvalue weighted by molar-refractivity contribution is -0.142. The van der Waals surface area contributed by atoms with Gasteiger partial charge in [0.15, 0.2) is 0 Å². The maximum absolute atomic E-state index is 12.9. The lowest BCUT2D eigenvalue weighted by Gasteiger charge is -2.28. The van der Waals surface area contributed by atoms with Crippen molar-refractivity contribution < 1.29 is 34.2 Å². The molecule has 4 atom stereocenters. The van der Waals surface area contributed by atoms with Gasteiger partial charge in [0.25, 0.3) is 0 Å². The Morgan fingerprint density at radius 3 is 1.69 bits per heavy atom. The summed E-state index contributed by atoms with van der Waals surface area (Å²) in [6.45, 7) is 6.79. The Morgan fingerprint density at radius 2 is 1.28 bits per heavy atom. The molecule has 0 aliphatic carbocycles. The third-order valence-electron chi connectivity index (χ3n) is 4.73. The van der Waals surface area contributed by atoms with E-state index in [0.29, 0.717) is 5.75 Å². The Hall–Kier alpha value is -2.34. The predicted molar refractivity (Wildman–Crippen MR) is 121 cm³/mol. The molecule has 0 aromatic heterocycles. The Labute approximate surface area is 192 Å². The zero-order valence-corrected chi connectivity index (χ0v) is 20.0. The highest BCUT2D eigenvalue weighted by Crippen LogP contribution is 2.09. The number of hydrogen-bond donors (Lipinski definition) is 6. The van der Waals surface area contributed by atoms with Crippen molar-refractivity contribution in [2.75, 3.05) is 12.0 Å². The van der Waals surface area contributed by atoms with Gasteiger partial charge in [-0.15, -0.1) is 0 Å². The highest BCUT2D eigenvalue weighted by molar-refractivity contribution is 7.98. The van der Waals surface area contributed by atoms with Gasteiger partial charge in [-0.2, -0.15) is 11.8 Å². The van der Waals surface area contributed by atoms with Crippen molar-refractivity contribution in [3.05, 3.63) is 0 Å². The number of thioether (sulfide) groups is 1. The van der Waals surface area contributed by atoms with Crippen molar-refractivity contribution in [1.82, 2.24) is 16.0 Å². The predicted octanol–water partition coefficient (Wildman–Crippen LogP) is -0.217. The van der Waals surface area contributed by atoms with Gasteiger partial charge >= 0.3 is 11.9 Å². The van der Waals surface area contributed by atoms with Gasteiger partial charge in [0, 0.05) is 6.42 Å². The molecule has 0 spiro atoms. The third-order valence-corrected chi connectivity index (χ3v) is 5.37. The van der Waals surface area contributed by atoms with Crippen molar-refractivity contribution in [3.8, 4) is 0 Å². The molecule has 0 aromatic rings. The van der Waals surface area contributed by atoms with Crippen LogP contribution in [0.15, 0.2) is 0 Å². The topological polar surface area (TPSA) is 188 Å². The summed E-state index contributed by atoms with van der Waals surface area (Å²) in [6, 6.07) is -4.21. The molecule has 32 heavy (non-hydrogen) atoms. The minimum absolute atomic E-state index is 0.0861. The first-order valence-electron chi connectivity index (χ1n) is 10.4. The van der Waals surface area contributed by atoms with E-state index in [1.54, 1.807) is 27.7 Å². The summed E-state index contributed by atoms with van der Waals surface area (Å²) >= 11 is 1.45. The highest BCUT2D eigenvalue weighted by atomic mass is 32.2. The average Bonchev–Trinajstić information content (AvgIpc) is 2.69. The van der Waals surface area contributed by atoms with Crippen LogP contribution >= 0.6 is 11.8 Å². The summed E-state index contributed by atoms with van der Waals surface area (Å²) in [5, 5.41) is 25.6. The van der Waals surface area contributed by atoms with Crippen LogP contribution in [-0.4, -0.2) is 76.0 Å². The summed E-state index contributed by atoms with van der Waals surface area (Å²) in [4.78, 5) is 60.0. The van der Waals surface area contributed by atoms with Crippen LogP contribution in [-0.2, 0) is 24.0 Å². The minimum Gasteiger partial charge on any atom is -0.481 e. The molecule has 0 heterocycles. The number of amides is 3. The Kier molecular flexibility index (Phi) is 13.6. The van der Waals surface area contributed by atoms with Crippen LogP contribution in [0.2, 0.25) is 0 Å². The van der Waals surface area contributed by atoms with E-state index in [1.165, 1.54) is 11.8 Å². The SMILES string of the molecule is CSCCC(NC(=O)C(NC(=O)C(NC(=O)C(N)CCC(=O)O)C(C)C)C(C)C)C(=O)O. The first kappa shape index (κ1) is 29.7. The van der Waals surface area contributed by atoms with Crippen LogP contribution in [0.5, 0.6) is 0 Å². The standard InChI is InChI=1S/C20H36N4O7S/c1-10(2)15(18(28)22-13(20(30)31)8-9-32-5)24-19(29)16(11(3)4)23-17(27)12(21)6-7-14(25)26/h10-13,15-16H,6-9,21H2,1-5H3,(H,22,28)(H,23,27)(H,24,29)(H,25,26)(H,30,31). The molecule has 4 unspecified atom stereocenters. The zero-order chi connectivity index (χ0) is 25.0. The Balaban J connectivity index is 5.27. The lowest BCUT2D eigenvalue weighted by Crippen LogP contribution is -2.59. The maximum Gasteiger partial charge on any atom is 0.326 e. The molecular weight excluding hydrogens is 440 g/mol. The summed E-state index contributed by atoms with van der Waals surface area (Å²) in [5.41, 5.74) is 5.71. The van der Waals surface area contributed by atoms with E-state index in [0.717, 1.165) is 0 Å². The van der Waals surface area contributed by atoms with Crippen LogP contribution in [0.25, 0.3) is 0 Å². The van der Waals surface area contributed by atoms with Gasteiger partial charge in [0.05, 0.1) is 6.04 Å². The van der Waals surface area contributed by atoms with Crippen LogP contribution in [0, 0.1) is 11.8 Å². The molecule has 0 aromatic carbocycles. The smallest absolute Gasteiger partial charge is 0.326 e. The number of nitrogens with two attached hydrogens (primary N) is 1. The van der Waals surface area contributed by atoms with Gasteiger partial charge in [0.1, 0.15) is 18.1 Å². The van der Waals surface area contributed by atoms with Crippen LogP contribution in [0.1, 0.15) is 47.0 Å². The molecule has 0 radical (unpaired) electrons. The number of nitrogens with one attached hydrogen (secondary N) is 3. The fourth-order valence-electron chi connectivity index (χ4n) is 2.74. The molecule has 184 valence electrons. The van der Waals surface area contributed by atoms with E-state index >= 15 is 0 Å². The molecule has 0 fully saturated rings. The van der Waals surface area contributed by atoms with E-state index in [1.807, 2.05) is 6.26 Å². The second kappa shape index (κ2) is 14.7. The molecular formula is C20H36N4O7S. The van der Waals surface area contributed by atoms with Crippen molar-refractivity contribution in [3.63, 3.8) is 0 Å². The molecule has 0 saturated heterocycles. The highest BCUT2D eigenvalue weighted by Gasteiger charge is 2.33. The van der Waals surface area contributed by atoms with Crippen LogP contribution in [0.4, 0.5) is 0 Å². The van der Waals surface area contributed by atoms with E-state index < -0.39 is 53.8 Å². The molecule has 0 aliphatic rings. The maximum atomic E-state index is 12.9. The summed E-state index contributed by atoms with van der Waals surface area (Å²) in [6.07, 6.45) is 1.69. The number of carbonyl (C=O) groups is 5. The monoisotopic (exact) mass is 476 g/mol. The molecule has 0 rings (SSSR count). The quantitative estimate of drug-likeness (QED) is 0.186. The van der Waals surface area contributed by atoms with Crippen molar-refractivity contribution in [2.45, 2.75) is 71.1 Å². The molecule has 0 saturated carbocycles. The Bertz CT molecular complexity index is 672. The number of aliphatic carboxylic acids is 2. The second-order valence-electron chi connectivity index (χ2n) is 8.18. The fourth-order valence-corrected chi connectivity index (χ4v) is 3.21. The first-order valence-corrected chi connectivity index (χ1v) is 11.8. The van der Waals surface area contributed by atoms with Crippen molar-refractivity contribution in [2.24, 2.45) is 17.6 Å². The van der Waals surface area contributed by atoms with Gasteiger partial charge < -0.3 is 31.9 Å². The summed E-state index contributed by atoms with van der Waals surface area (Å²) in [5.74, 6) is -4.34. The van der Waals surface area contributed by atoms with Gasteiger partial charge in [-0.25, -0.2) is 4.79 Å². The number of rotatable bonds is 15. The third kappa shape index (κ3) is 10.8. The molecule has 7 N–H and O–H groups in total. The van der Waals surface area contributed by atoms with E-state index in [2.05, 4.69) is 16.0 Å². The number of carboxylic acids is 2. The van der Waals surface area contributed by atoms with Crippen LogP contribution in [0.3, 0.4) is 0 Å². The van der Waals surface area contributed by atoms with Gasteiger partial charge in [0.2, 0.25) is 17.7 Å². The number of carboxylic acid groups (broad SMARTS) is 2. The van der Waals surface area contributed by atoms with Crippen molar-refractivity contribution in [1.29, 1.82) is 0 Å². The number of hydrogen-bond acceptors (Lipinski definition) is 7. The molecule has 0 bridgehead atoms. The largest absolute Gasteiger partial charge is 0.481 e. The molecule has 0 aliphatic heterocycles. The Morgan fingerprint density at radius 1 is 0.812 bits per heavy atom. The summed E-state index contributed by atoms with van der Waals surface area (Å²) in [7, 11) is 0. The molecule has 3 amide bonds. The van der Waals surface area contributed by atoms with Gasteiger partial charge in [-0.05, 0) is 36.7 Å². The normalized spacial score (nSPS) is 14.9. The second-order valence-corrected chi connectivity index (χ2v) is 9.17. The van der Waals surface area contributed by atoms with Crippen LogP contribution < -0.4 is 21.7 Å². The fraction of sp³-hybridized carbons (Fsp3) is 0.750.